The molecule has 2 N–H and O–H groups in total. The third-order valence-corrected chi connectivity index (χ3v) is 5.91. The van der Waals surface area contributed by atoms with Gasteiger partial charge in [-0.3, -0.25) is 9.28 Å². The van der Waals surface area contributed by atoms with Crippen LogP contribution in [0.2, 0.25) is 0 Å². The summed E-state index contributed by atoms with van der Waals surface area (Å²) in [7, 11) is 3.65. The number of hydrogen-bond acceptors (Lipinski definition) is 7. The first-order chi connectivity index (χ1) is 13.3. The van der Waals surface area contributed by atoms with E-state index < -0.39 is 29.0 Å². The molecule has 0 aromatic heterocycles. The van der Waals surface area contributed by atoms with E-state index in [-0.39, 0.29) is 34.8 Å². The number of fused-ring (bicyclic) bond motifs is 4. The lowest BCUT2D eigenvalue weighted by molar-refractivity contribution is -0.963. The second-order valence-electron chi connectivity index (χ2n) is 7.74. The Labute approximate surface area is 172 Å². The van der Waals surface area contributed by atoms with Crippen molar-refractivity contribution in [1.82, 2.24) is 0 Å². The summed E-state index contributed by atoms with van der Waals surface area (Å²) < 4.78 is 16.8. The molecule has 0 radical (unpaired) electrons. The van der Waals surface area contributed by atoms with Crippen LogP contribution in [0.25, 0.3) is 0 Å². The predicted octanol–water partition coefficient (Wildman–Crippen LogP) is -1.33. The van der Waals surface area contributed by atoms with Crippen molar-refractivity contribution in [1.29, 1.82) is 0 Å². The number of nitrogens with zero attached hydrogens (tertiary/aromatic N) is 1. The largest absolute Gasteiger partial charge is 1.00 e. The minimum absolute atomic E-state index is 0. The van der Waals surface area contributed by atoms with Gasteiger partial charge in [0.15, 0.2) is 23.0 Å². The highest BCUT2D eigenvalue weighted by Crippen LogP contribution is 2.51. The molecule has 0 amide bonds. The summed E-state index contributed by atoms with van der Waals surface area (Å²) in [6.07, 6.45) is 0.666. The molecule has 3 aliphatic heterocycles. The smallest absolute Gasteiger partial charge is 0.348 e. The minimum atomic E-state index is -1.62. The lowest BCUT2D eigenvalue weighted by atomic mass is 9.79. The van der Waals surface area contributed by atoms with E-state index in [4.69, 9.17) is 14.2 Å². The molecule has 0 aliphatic carbocycles. The molecule has 29 heavy (non-hydrogen) atoms. The van der Waals surface area contributed by atoms with E-state index in [9.17, 15) is 19.8 Å². The second kappa shape index (κ2) is 6.01. The van der Waals surface area contributed by atoms with Gasteiger partial charge in [-0.2, -0.15) is 0 Å². The Hall–Kier alpha value is -2.97. The molecule has 9 heteroatoms. The average molecular weight is 420 g/mol. The van der Waals surface area contributed by atoms with Crippen LogP contribution in [-0.2, 0) is 16.9 Å². The van der Waals surface area contributed by atoms with Gasteiger partial charge in [0, 0.05) is 12.0 Å². The Bertz CT molecular complexity index is 1080. The number of ether oxygens (including phenoxy) is 3. The van der Waals surface area contributed by atoms with Crippen molar-refractivity contribution in [2.45, 2.75) is 12.1 Å². The monoisotopic (exact) mass is 419 g/mol. The molecular weight excluding hydrogens is 402 g/mol. The van der Waals surface area contributed by atoms with Gasteiger partial charge >= 0.3 is 11.7 Å². The first kappa shape index (κ1) is 19.4. The fourth-order valence-corrected chi connectivity index (χ4v) is 4.36. The van der Waals surface area contributed by atoms with Gasteiger partial charge in [-0.15, -0.1) is 0 Å². The quantitative estimate of drug-likeness (QED) is 0.310. The first-order valence-electron chi connectivity index (χ1n) is 8.85. The first-order valence-corrected chi connectivity index (χ1v) is 8.85. The van der Waals surface area contributed by atoms with Gasteiger partial charge in [0.1, 0.15) is 5.56 Å². The van der Waals surface area contributed by atoms with Crippen LogP contribution >= 0.6 is 0 Å². The number of ketones is 1. The van der Waals surface area contributed by atoms with Crippen LogP contribution in [0.15, 0.2) is 24.3 Å². The van der Waals surface area contributed by atoms with E-state index in [1.807, 2.05) is 20.2 Å². The number of aromatic hydroxyl groups is 2. The van der Waals surface area contributed by atoms with E-state index in [1.165, 1.54) is 12.1 Å². The number of esters is 1. The van der Waals surface area contributed by atoms with E-state index in [1.54, 1.807) is 6.07 Å². The molecule has 3 aliphatic rings. The number of benzene rings is 2. The summed E-state index contributed by atoms with van der Waals surface area (Å²) in [4.78, 5) is 26.6. The molecule has 0 bridgehead atoms. The lowest BCUT2D eigenvalue weighted by Gasteiger charge is -2.50. The van der Waals surface area contributed by atoms with E-state index >= 15 is 0 Å². The van der Waals surface area contributed by atoms with Gasteiger partial charge in [0.2, 0.25) is 6.79 Å². The van der Waals surface area contributed by atoms with E-state index in [2.05, 4.69) is 0 Å². The van der Waals surface area contributed by atoms with Gasteiger partial charge in [-0.05, 0) is 29.8 Å². The summed E-state index contributed by atoms with van der Waals surface area (Å²) in [5, 5.41) is 19.9. The molecule has 5 rings (SSSR count). The van der Waals surface area contributed by atoms with Crippen molar-refractivity contribution in [2.24, 2.45) is 0 Å². The molecular formula is C20H18ClNO7. The molecule has 2 aromatic rings. The zero-order valence-electron chi connectivity index (χ0n) is 15.7. The average Bonchev–Trinajstić information content (AvgIpc) is 3.11. The molecule has 0 saturated carbocycles. The number of quaternary nitrogens is 1. The second-order valence-corrected chi connectivity index (χ2v) is 7.74. The van der Waals surface area contributed by atoms with Crippen LogP contribution in [0.4, 0.5) is 0 Å². The lowest BCUT2D eigenvalue weighted by Crippen LogP contribution is -3.00. The number of phenols is 2. The highest BCUT2D eigenvalue weighted by atomic mass is 35.5. The van der Waals surface area contributed by atoms with E-state index in [0.29, 0.717) is 30.0 Å². The van der Waals surface area contributed by atoms with Gasteiger partial charge in [-0.1, -0.05) is 0 Å². The zero-order valence-corrected chi connectivity index (χ0v) is 16.4. The summed E-state index contributed by atoms with van der Waals surface area (Å²) >= 11 is 0. The van der Waals surface area contributed by atoms with Crippen molar-refractivity contribution in [3.8, 4) is 23.0 Å². The number of hydrogen-bond donors (Lipinski definition) is 2. The van der Waals surface area contributed by atoms with Crippen molar-refractivity contribution in [3.05, 3.63) is 46.5 Å². The predicted molar refractivity (Wildman–Crippen MR) is 94.4 cm³/mol. The Morgan fingerprint density at radius 2 is 1.76 bits per heavy atom. The van der Waals surface area contributed by atoms with Crippen LogP contribution in [0, 0.1) is 0 Å². The number of carbonyl (C=O) groups excluding carboxylic acids is 2. The number of likely N-dealkylation sites (N-methyl/N-ethyl adjacent to an activating group) is 1. The Morgan fingerprint density at radius 3 is 2.48 bits per heavy atom. The summed E-state index contributed by atoms with van der Waals surface area (Å²) in [5.41, 5.74) is -0.534. The number of carbonyl (C=O) groups is 2. The molecule has 8 nitrogen and oxygen atoms in total. The number of halogens is 1. The highest BCUT2D eigenvalue weighted by Gasteiger charge is 2.64. The third-order valence-electron chi connectivity index (χ3n) is 5.91. The van der Waals surface area contributed by atoms with Crippen molar-refractivity contribution in [3.63, 3.8) is 0 Å². The maximum absolute atomic E-state index is 13.7. The third kappa shape index (κ3) is 2.30. The van der Waals surface area contributed by atoms with E-state index in [0.717, 1.165) is 5.56 Å². The molecule has 2 aromatic carbocycles. The van der Waals surface area contributed by atoms with Gasteiger partial charge in [-0.25, -0.2) is 4.79 Å². The summed E-state index contributed by atoms with van der Waals surface area (Å²) in [6.45, 7) is 0.637. The SMILES string of the molecule is C[N+]1(C)CCc2cc3c(cc2C12OC(=O)c1c(ccc(O)c1O)C2=O)OCO3.[Cl-]. The molecule has 1 spiro atoms. The molecule has 0 fully saturated rings. The van der Waals surface area contributed by atoms with Crippen molar-refractivity contribution < 1.29 is 50.9 Å². The molecule has 0 saturated heterocycles. The standard InChI is InChI=1S/C20H17NO7.ClH/c1-21(2)6-5-10-7-14-15(27-9-26-14)8-12(10)20(21)18(24)11-3-4-13(22)17(23)16(11)19(25)28-20;/h3-4,7-8H,5-6,9H2,1-2H3,(H-,22,23,24,25);1H. The van der Waals surface area contributed by atoms with Gasteiger partial charge < -0.3 is 36.8 Å². The van der Waals surface area contributed by atoms with Crippen molar-refractivity contribution >= 4 is 11.8 Å². The maximum Gasteiger partial charge on any atom is 0.348 e. The topological polar surface area (TPSA) is 102 Å². The summed E-state index contributed by atoms with van der Waals surface area (Å²) in [6, 6.07) is 6.06. The van der Waals surface area contributed by atoms with Gasteiger partial charge in [0.05, 0.1) is 26.2 Å². The molecule has 152 valence electrons. The van der Waals surface area contributed by atoms with Gasteiger partial charge in [0.25, 0.3) is 5.78 Å². The van der Waals surface area contributed by atoms with Crippen LogP contribution in [0.1, 0.15) is 31.8 Å². The fourth-order valence-electron chi connectivity index (χ4n) is 4.36. The zero-order chi connectivity index (χ0) is 19.8. The molecule has 1 atom stereocenters. The molecule has 1 unspecified atom stereocenters. The Balaban J connectivity index is 0.00000205. The highest BCUT2D eigenvalue weighted by molar-refractivity contribution is 6.15. The number of rotatable bonds is 0. The van der Waals surface area contributed by atoms with Crippen LogP contribution < -0.4 is 21.9 Å². The minimum Gasteiger partial charge on any atom is -1.00 e. The number of Topliss-reactive ketones (excluding diaryl/α,β-unsaturated/α-hetero) is 1. The molecule has 3 heterocycles. The fraction of sp³-hybridized carbons (Fsp3) is 0.300. The van der Waals surface area contributed by atoms with Crippen LogP contribution in [0.5, 0.6) is 23.0 Å². The number of phenolic OH excluding ortho intramolecular Hbond substituents is 2. The normalized spacial score (nSPS) is 23.1. The van der Waals surface area contributed by atoms with Crippen LogP contribution in [-0.4, -0.2) is 53.9 Å². The Kier molecular flexibility index (Phi) is 4.01. The van der Waals surface area contributed by atoms with Crippen LogP contribution in [0.3, 0.4) is 0 Å². The summed E-state index contributed by atoms with van der Waals surface area (Å²) in [5.74, 6) is -1.37. The van der Waals surface area contributed by atoms with Crippen molar-refractivity contribution in [2.75, 3.05) is 27.4 Å². The maximum atomic E-state index is 13.7. The Morgan fingerprint density at radius 1 is 1.07 bits per heavy atom.